The zero-order chi connectivity index (χ0) is 18.2. The summed E-state index contributed by atoms with van der Waals surface area (Å²) in [5.41, 5.74) is 1.35. The minimum Gasteiger partial charge on any atom is -0.353 e. The van der Waals surface area contributed by atoms with Crippen molar-refractivity contribution in [3.8, 4) is 0 Å². The first kappa shape index (κ1) is 18.4. The van der Waals surface area contributed by atoms with Crippen molar-refractivity contribution in [2.24, 2.45) is 4.99 Å². The van der Waals surface area contributed by atoms with Crippen molar-refractivity contribution in [3.05, 3.63) is 67.3 Å². The van der Waals surface area contributed by atoms with Crippen molar-refractivity contribution in [3.63, 3.8) is 0 Å². The molecule has 2 rings (SSSR count). The number of anilines is 1. The summed E-state index contributed by atoms with van der Waals surface area (Å²) in [6.07, 6.45) is 4.87. The molecule has 0 aromatic heterocycles. The van der Waals surface area contributed by atoms with E-state index >= 15 is 0 Å². The summed E-state index contributed by atoms with van der Waals surface area (Å²) in [7, 11) is 0. The lowest BCUT2D eigenvalue weighted by atomic mass is 10.2. The number of nitrogens with one attached hydrogen (secondary N) is 1. The molecular formula is C19H25FN4O. The Hall–Kier alpha value is -2.89. The predicted molar refractivity (Wildman–Crippen MR) is 102 cm³/mol. The number of benzene rings is 1. The molecule has 1 amide bonds. The molecule has 1 aromatic rings. The van der Waals surface area contributed by atoms with Crippen molar-refractivity contribution in [2.45, 2.75) is 6.92 Å². The zero-order valence-electron chi connectivity index (χ0n) is 14.4. The van der Waals surface area contributed by atoms with Gasteiger partial charge in [-0.2, -0.15) is 0 Å². The van der Waals surface area contributed by atoms with Crippen LogP contribution in [0.1, 0.15) is 8.35 Å². The van der Waals surface area contributed by atoms with Gasteiger partial charge in [0.2, 0.25) is 5.91 Å². The molecule has 1 aliphatic rings. The van der Waals surface area contributed by atoms with Crippen LogP contribution in [0.15, 0.2) is 66.5 Å². The lowest BCUT2D eigenvalue weighted by molar-refractivity contribution is -0.127. The third kappa shape index (κ3) is 5.04. The van der Waals surface area contributed by atoms with Gasteiger partial charge in [0.25, 0.3) is 0 Å². The standard InChI is InChI=1S/C19H23FN4O.H2/c1-4-10-21-19(15(3)22-17-8-6-16(20)7-9-17)24-13-11-23(12-14-24)18(25)5-2;/h4-10,22H,2-3,11-14H2,1H3;1H/b10-4-,21-19?;. The van der Waals surface area contributed by atoms with Gasteiger partial charge in [-0.3, -0.25) is 4.79 Å². The fraction of sp³-hybridized carbons (Fsp3) is 0.263. The van der Waals surface area contributed by atoms with Crippen LogP contribution in [0.2, 0.25) is 0 Å². The Kier molecular flexibility index (Phi) is 6.51. The molecule has 1 fully saturated rings. The van der Waals surface area contributed by atoms with Crippen LogP contribution in [-0.4, -0.2) is 47.7 Å². The van der Waals surface area contributed by atoms with Crippen LogP contribution in [-0.2, 0) is 4.79 Å². The average Bonchev–Trinajstić information content (AvgIpc) is 2.64. The van der Waals surface area contributed by atoms with Gasteiger partial charge in [-0.1, -0.05) is 19.2 Å². The molecule has 0 aliphatic carbocycles. The number of hydrogen-bond donors (Lipinski definition) is 1. The number of piperazine rings is 1. The quantitative estimate of drug-likeness (QED) is 0.507. The number of nitrogens with zero attached hydrogens (tertiary/aromatic N) is 3. The van der Waals surface area contributed by atoms with E-state index in [1.807, 2.05) is 13.0 Å². The number of amides is 1. The Morgan fingerprint density at radius 2 is 1.84 bits per heavy atom. The first-order valence-electron chi connectivity index (χ1n) is 8.12. The van der Waals surface area contributed by atoms with Gasteiger partial charge in [-0.15, -0.1) is 0 Å². The maximum atomic E-state index is 13.0. The lowest BCUT2D eigenvalue weighted by Crippen LogP contribution is -2.51. The van der Waals surface area contributed by atoms with Crippen LogP contribution in [0.5, 0.6) is 0 Å². The van der Waals surface area contributed by atoms with Crippen LogP contribution in [0.4, 0.5) is 10.1 Å². The van der Waals surface area contributed by atoms with E-state index in [2.05, 4.69) is 28.4 Å². The predicted octanol–water partition coefficient (Wildman–Crippen LogP) is 3.26. The Morgan fingerprint density at radius 1 is 1.24 bits per heavy atom. The number of rotatable bonds is 5. The summed E-state index contributed by atoms with van der Waals surface area (Å²) in [5.74, 6) is 0.352. The summed E-state index contributed by atoms with van der Waals surface area (Å²) in [6.45, 7) is 12.0. The molecule has 1 aliphatic heterocycles. The van der Waals surface area contributed by atoms with Gasteiger partial charge in [0.15, 0.2) is 5.84 Å². The second kappa shape index (κ2) is 8.82. The van der Waals surface area contributed by atoms with Crippen molar-refractivity contribution < 1.29 is 10.6 Å². The van der Waals surface area contributed by atoms with E-state index < -0.39 is 0 Å². The smallest absolute Gasteiger partial charge is 0.246 e. The molecule has 25 heavy (non-hydrogen) atoms. The first-order chi connectivity index (χ1) is 12.0. The largest absolute Gasteiger partial charge is 0.353 e. The topological polar surface area (TPSA) is 47.9 Å². The van der Waals surface area contributed by atoms with Crippen molar-refractivity contribution in [1.29, 1.82) is 0 Å². The monoisotopic (exact) mass is 344 g/mol. The molecule has 0 spiro atoms. The number of allylic oxidation sites excluding steroid dienone is 1. The summed E-state index contributed by atoms with van der Waals surface area (Å²) in [5, 5.41) is 3.16. The van der Waals surface area contributed by atoms with Crippen molar-refractivity contribution in [2.75, 3.05) is 31.5 Å². The van der Waals surface area contributed by atoms with Gasteiger partial charge in [0, 0.05) is 39.5 Å². The second-order valence-corrected chi connectivity index (χ2v) is 5.56. The minimum atomic E-state index is -0.290. The first-order valence-corrected chi connectivity index (χ1v) is 8.12. The molecule has 5 nitrogen and oxygen atoms in total. The summed E-state index contributed by atoms with van der Waals surface area (Å²) >= 11 is 0. The summed E-state index contributed by atoms with van der Waals surface area (Å²) in [6, 6.07) is 6.07. The highest BCUT2D eigenvalue weighted by Gasteiger charge is 2.23. The molecule has 0 saturated carbocycles. The Labute approximate surface area is 149 Å². The maximum absolute atomic E-state index is 13.0. The van der Waals surface area contributed by atoms with Gasteiger partial charge >= 0.3 is 0 Å². The van der Waals surface area contributed by atoms with E-state index in [1.165, 1.54) is 18.2 Å². The third-order valence-corrected chi connectivity index (χ3v) is 3.82. The van der Waals surface area contributed by atoms with Gasteiger partial charge in [0.1, 0.15) is 5.82 Å². The summed E-state index contributed by atoms with van der Waals surface area (Å²) in [4.78, 5) is 20.0. The SMILES string of the molecule is C=CC(=O)N1CCN(C(=N/C=C\C)C(=C)Nc2ccc(F)cc2)CC1.[HH]. The van der Waals surface area contributed by atoms with Crippen LogP contribution in [0.25, 0.3) is 0 Å². The van der Waals surface area contributed by atoms with E-state index in [4.69, 9.17) is 0 Å². The van der Waals surface area contributed by atoms with Gasteiger partial charge in [0.05, 0.1) is 5.70 Å². The average molecular weight is 344 g/mol. The number of carbonyl (C=O) groups is 1. The molecule has 0 atom stereocenters. The van der Waals surface area contributed by atoms with Gasteiger partial charge in [-0.25, -0.2) is 9.38 Å². The molecule has 1 heterocycles. The zero-order valence-corrected chi connectivity index (χ0v) is 14.4. The molecular weight excluding hydrogens is 319 g/mol. The van der Waals surface area contributed by atoms with E-state index in [1.54, 1.807) is 23.2 Å². The van der Waals surface area contributed by atoms with E-state index in [0.717, 1.165) is 5.69 Å². The Bertz CT molecular complexity index is 692. The fourth-order valence-electron chi connectivity index (χ4n) is 2.53. The second-order valence-electron chi connectivity index (χ2n) is 5.56. The van der Waals surface area contributed by atoms with Gasteiger partial charge < -0.3 is 15.1 Å². The molecule has 6 heteroatoms. The number of hydrogen-bond acceptors (Lipinski definition) is 3. The van der Waals surface area contributed by atoms with Crippen LogP contribution >= 0.6 is 0 Å². The van der Waals surface area contributed by atoms with E-state index in [-0.39, 0.29) is 13.2 Å². The van der Waals surface area contributed by atoms with Crippen molar-refractivity contribution in [1.82, 2.24) is 9.80 Å². The van der Waals surface area contributed by atoms with Crippen LogP contribution in [0.3, 0.4) is 0 Å². The molecule has 1 saturated heterocycles. The van der Waals surface area contributed by atoms with Crippen molar-refractivity contribution >= 4 is 17.4 Å². The molecule has 1 aromatic carbocycles. The molecule has 0 radical (unpaired) electrons. The van der Waals surface area contributed by atoms with Crippen LogP contribution < -0.4 is 5.32 Å². The van der Waals surface area contributed by atoms with E-state index in [0.29, 0.717) is 37.7 Å². The Morgan fingerprint density at radius 3 is 2.40 bits per heavy atom. The maximum Gasteiger partial charge on any atom is 0.246 e. The Balaban J connectivity index is 0.00000338. The molecule has 0 bridgehead atoms. The highest BCUT2D eigenvalue weighted by Crippen LogP contribution is 2.14. The number of halogens is 1. The third-order valence-electron chi connectivity index (χ3n) is 3.82. The number of carbonyl (C=O) groups excluding carboxylic acids is 1. The highest BCUT2D eigenvalue weighted by molar-refractivity contribution is 6.00. The molecule has 0 unspecified atom stereocenters. The number of amidine groups is 1. The van der Waals surface area contributed by atoms with E-state index in [9.17, 15) is 9.18 Å². The summed E-state index contributed by atoms with van der Waals surface area (Å²) < 4.78 is 13.0. The number of aliphatic imine (C=N–C) groups is 1. The molecule has 134 valence electrons. The molecule has 1 N–H and O–H groups in total. The minimum absolute atomic E-state index is 0. The lowest BCUT2D eigenvalue weighted by Gasteiger charge is -2.36. The highest BCUT2D eigenvalue weighted by atomic mass is 19.1. The fourth-order valence-corrected chi connectivity index (χ4v) is 2.53. The van der Waals surface area contributed by atoms with Crippen LogP contribution in [0, 0.1) is 5.82 Å². The normalized spacial score (nSPS) is 15.4. The van der Waals surface area contributed by atoms with Gasteiger partial charge in [-0.05, 0) is 37.3 Å².